The van der Waals surface area contributed by atoms with Crippen molar-refractivity contribution in [2.45, 2.75) is 18.2 Å². The number of hydrogen-bond donors (Lipinski definition) is 1. The number of non-ortho nitro benzene ring substituents is 1. The number of alkyl halides is 1. The summed E-state index contributed by atoms with van der Waals surface area (Å²) < 4.78 is 26.6. The standard InChI is InChI=1S/C15H20AsBrN3O9S/c1-10(21)9-16-15(22)12-7-11(19(23)24)8-13(20(25)26)14(12)18(4-3-17)5-6-29-30(2,27)28/h7-8,10,21H,3-6,9H2,1-2H3. The molecule has 1 unspecified atom stereocenters. The molecule has 12 nitrogen and oxygen atoms in total. The van der Waals surface area contributed by atoms with Crippen molar-refractivity contribution in [2.24, 2.45) is 0 Å². The van der Waals surface area contributed by atoms with Gasteiger partial charge in [0, 0.05) is 0 Å². The van der Waals surface area contributed by atoms with Crippen molar-refractivity contribution >= 4 is 63.4 Å². The van der Waals surface area contributed by atoms with Crippen LogP contribution < -0.4 is 4.90 Å². The van der Waals surface area contributed by atoms with Crippen LogP contribution in [0, 0.1) is 20.2 Å². The SMILES string of the molecule is CC(O)C[As]C(=O)c1cc([N+](=O)[O-])cc([N+](=O)[O-])c1N(CCBr)CCOS(C)(=O)=O. The molecule has 0 heterocycles. The van der Waals surface area contributed by atoms with E-state index in [0.717, 1.165) is 18.4 Å². The number of nitro groups is 2. The van der Waals surface area contributed by atoms with E-state index in [0.29, 0.717) is 5.33 Å². The van der Waals surface area contributed by atoms with Gasteiger partial charge in [-0.3, -0.25) is 0 Å². The van der Waals surface area contributed by atoms with E-state index >= 15 is 0 Å². The van der Waals surface area contributed by atoms with Crippen molar-refractivity contribution in [1.29, 1.82) is 0 Å². The number of carbonyl (C=O) groups is 1. The first-order chi connectivity index (χ1) is 13.9. The van der Waals surface area contributed by atoms with Gasteiger partial charge >= 0.3 is 188 Å². The van der Waals surface area contributed by atoms with Gasteiger partial charge in [-0.15, -0.1) is 0 Å². The Balaban J connectivity index is 3.55. The molecular formula is C15H20AsBrN3O9S. The van der Waals surface area contributed by atoms with E-state index in [4.69, 9.17) is 4.18 Å². The summed E-state index contributed by atoms with van der Waals surface area (Å²) in [6, 6.07) is 1.73. The maximum absolute atomic E-state index is 12.8. The summed E-state index contributed by atoms with van der Waals surface area (Å²) in [5.74, 6) is 0. The molecule has 0 spiro atoms. The first kappa shape index (κ1) is 26.4. The van der Waals surface area contributed by atoms with Crippen molar-refractivity contribution in [1.82, 2.24) is 0 Å². The zero-order valence-electron chi connectivity index (χ0n) is 16.1. The van der Waals surface area contributed by atoms with Crippen LogP contribution >= 0.6 is 15.9 Å². The molecule has 0 saturated heterocycles. The molecule has 1 N–H and O–H groups in total. The fraction of sp³-hybridized carbons (Fsp3) is 0.533. The Morgan fingerprint density at radius 3 is 2.40 bits per heavy atom. The number of aliphatic hydroxyl groups excluding tert-OH is 1. The Bertz CT molecular complexity index is 911. The second-order valence-corrected chi connectivity index (χ2v) is 10.8. The van der Waals surface area contributed by atoms with Gasteiger partial charge in [0.1, 0.15) is 0 Å². The number of aliphatic hydroxyl groups is 1. The van der Waals surface area contributed by atoms with E-state index in [9.17, 15) is 38.5 Å². The number of hydrogen-bond acceptors (Lipinski definition) is 10. The molecule has 0 amide bonds. The number of anilines is 1. The normalized spacial score (nSPS) is 12.8. The van der Waals surface area contributed by atoms with Gasteiger partial charge < -0.3 is 0 Å². The predicted molar refractivity (Wildman–Crippen MR) is 113 cm³/mol. The molecule has 1 radical (unpaired) electrons. The van der Waals surface area contributed by atoms with E-state index < -0.39 is 57.8 Å². The number of nitrogens with zero attached hydrogens (tertiary/aromatic N) is 3. The summed E-state index contributed by atoms with van der Waals surface area (Å²) in [4.78, 5) is 35.4. The van der Waals surface area contributed by atoms with Crippen LogP contribution in [0.25, 0.3) is 0 Å². The van der Waals surface area contributed by atoms with Gasteiger partial charge in [0.2, 0.25) is 0 Å². The van der Waals surface area contributed by atoms with Crippen LogP contribution in [-0.4, -0.2) is 81.1 Å². The van der Waals surface area contributed by atoms with E-state index in [1.54, 1.807) is 0 Å². The van der Waals surface area contributed by atoms with E-state index in [-0.39, 0.29) is 36.2 Å². The molecule has 1 atom stereocenters. The quantitative estimate of drug-likeness (QED) is 0.119. The van der Waals surface area contributed by atoms with Crippen molar-refractivity contribution in [3.05, 3.63) is 37.9 Å². The van der Waals surface area contributed by atoms with Gasteiger partial charge in [0.15, 0.2) is 0 Å². The third-order valence-corrected chi connectivity index (χ3v) is 7.09. The monoisotopic (exact) mass is 572 g/mol. The number of rotatable bonds is 13. The number of halogens is 1. The molecule has 0 saturated carbocycles. The van der Waals surface area contributed by atoms with Crippen LogP contribution in [0.3, 0.4) is 0 Å². The number of carbonyl (C=O) groups excluding carboxylic acids is 1. The number of benzene rings is 1. The Labute approximate surface area is 187 Å². The molecule has 0 aliphatic carbocycles. The van der Waals surface area contributed by atoms with E-state index in [2.05, 4.69) is 15.9 Å². The topological polar surface area (TPSA) is 170 Å². The van der Waals surface area contributed by atoms with Crippen LogP contribution in [0.15, 0.2) is 12.1 Å². The summed E-state index contributed by atoms with van der Waals surface area (Å²) in [5.41, 5.74) is -1.62. The molecule has 1 rings (SSSR count). The average molecular weight is 573 g/mol. The Kier molecular flexibility index (Phi) is 10.3. The van der Waals surface area contributed by atoms with Crippen LogP contribution in [-0.2, 0) is 14.3 Å². The van der Waals surface area contributed by atoms with E-state index in [1.807, 2.05) is 0 Å². The zero-order chi connectivity index (χ0) is 23.1. The van der Waals surface area contributed by atoms with Gasteiger partial charge in [-0.05, 0) is 0 Å². The van der Waals surface area contributed by atoms with Crippen LogP contribution in [0.4, 0.5) is 17.1 Å². The zero-order valence-corrected chi connectivity index (χ0v) is 20.3. The molecule has 167 valence electrons. The molecule has 15 heteroatoms. The maximum atomic E-state index is 12.8. The molecule has 0 bridgehead atoms. The third kappa shape index (κ3) is 8.26. The second kappa shape index (κ2) is 11.7. The van der Waals surface area contributed by atoms with Crippen LogP contribution in [0.1, 0.15) is 17.3 Å². The molecule has 1 aromatic carbocycles. The first-order valence-electron chi connectivity index (χ1n) is 8.39. The summed E-state index contributed by atoms with van der Waals surface area (Å²) in [6.45, 7) is 1.16. The summed E-state index contributed by atoms with van der Waals surface area (Å²) in [5, 5.41) is 32.8. The van der Waals surface area contributed by atoms with Crippen molar-refractivity contribution < 1.29 is 32.3 Å². The fourth-order valence-electron chi connectivity index (χ4n) is 2.38. The van der Waals surface area contributed by atoms with Gasteiger partial charge in [0.25, 0.3) is 0 Å². The molecule has 1 aromatic rings. The molecular weight excluding hydrogens is 553 g/mol. The molecule has 0 aromatic heterocycles. The Morgan fingerprint density at radius 2 is 1.93 bits per heavy atom. The summed E-state index contributed by atoms with van der Waals surface area (Å²) in [7, 11) is -3.76. The molecule has 0 aliphatic rings. The van der Waals surface area contributed by atoms with Gasteiger partial charge in [-0.2, -0.15) is 0 Å². The Hall–Kier alpha value is -1.60. The van der Waals surface area contributed by atoms with Gasteiger partial charge in [-0.25, -0.2) is 0 Å². The second-order valence-electron chi connectivity index (χ2n) is 6.07. The Morgan fingerprint density at radius 1 is 1.30 bits per heavy atom. The van der Waals surface area contributed by atoms with Gasteiger partial charge in [-0.1, -0.05) is 0 Å². The molecule has 0 fully saturated rings. The van der Waals surface area contributed by atoms with Crippen molar-refractivity contribution in [3.8, 4) is 0 Å². The molecule has 0 aliphatic heterocycles. The summed E-state index contributed by atoms with van der Waals surface area (Å²) >= 11 is 2.06. The average Bonchev–Trinajstić information content (AvgIpc) is 2.63. The minimum atomic E-state index is -3.76. The fourth-order valence-corrected chi connectivity index (χ4v) is 4.80. The van der Waals surface area contributed by atoms with Crippen LogP contribution in [0.2, 0.25) is 5.21 Å². The number of nitro benzene ring substituents is 2. The third-order valence-electron chi connectivity index (χ3n) is 3.54. The first-order valence-corrected chi connectivity index (χ1v) is 13.6. The molecule has 30 heavy (non-hydrogen) atoms. The van der Waals surface area contributed by atoms with Crippen LogP contribution in [0.5, 0.6) is 0 Å². The van der Waals surface area contributed by atoms with Gasteiger partial charge in [0.05, 0.1) is 0 Å². The predicted octanol–water partition coefficient (Wildman–Crippen LogP) is 1.32. The minimum absolute atomic E-state index is 0.121. The van der Waals surface area contributed by atoms with Crippen molar-refractivity contribution in [3.63, 3.8) is 0 Å². The van der Waals surface area contributed by atoms with E-state index in [1.165, 1.54) is 11.8 Å². The summed E-state index contributed by atoms with van der Waals surface area (Å²) in [6.07, 6.45) is 0.0817. The van der Waals surface area contributed by atoms with Crippen molar-refractivity contribution in [2.75, 3.05) is 36.2 Å².